The van der Waals surface area contributed by atoms with Gasteiger partial charge in [0.15, 0.2) is 9.84 Å². The molecule has 1 saturated heterocycles. The second kappa shape index (κ2) is 7.23. The first-order chi connectivity index (χ1) is 11.2. The van der Waals surface area contributed by atoms with Crippen LogP contribution in [0.2, 0.25) is 0 Å². The third-order valence-corrected chi connectivity index (χ3v) is 5.59. The van der Waals surface area contributed by atoms with Crippen LogP contribution in [0.25, 0.3) is 0 Å². The first-order valence-electron chi connectivity index (χ1n) is 7.76. The van der Waals surface area contributed by atoms with E-state index in [0.29, 0.717) is 49.7 Å². The fourth-order valence-electron chi connectivity index (χ4n) is 2.78. The largest absolute Gasteiger partial charge is 0.397 e. The maximum Gasteiger partial charge on any atom is 0.250 e. The predicted octanol–water partition coefficient (Wildman–Crippen LogP) is 0.356. The van der Waals surface area contributed by atoms with E-state index in [1.165, 1.54) is 0 Å². The third-order valence-electron chi connectivity index (χ3n) is 4.34. The maximum atomic E-state index is 11.7. The zero-order valence-corrected chi connectivity index (χ0v) is 14.7. The number of benzene rings is 1. The van der Waals surface area contributed by atoms with Crippen molar-refractivity contribution in [1.82, 2.24) is 4.90 Å². The molecule has 0 aromatic heterocycles. The zero-order chi connectivity index (χ0) is 17.9. The summed E-state index contributed by atoms with van der Waals surface area (Å²) in [6, 6.07) is 3.49. The molecule has 0 saturated carbocycles. The van der Waals surface area contributed by atoms with E-state index in [0.717, 1.165) is 11.0 Å². The van der Waals surface area contributed by atoms with Crippen molar-refractivity contribution in [1.29, 1.82) is 0 Å². The molecular formula is C16H24N4O3S. The van der Waals surface area contributed by atoms with Crippen LogP contribution in [-0.4, -0.2) is 57.7 Å². The number of sulfone groups is 1. The summed E-state index contributed by atoms with van der Waals surface area (Å²) in [4.78, 5) is 15.8. The molecule has 2 rings (SSSR count). The van der Waals surface area contributed by atoms with Gasteiger partial charge in [-0.25, -0.2) is 8.42 Å². The summed E-state index contributed by atoms with van der Waals surface area (Å²) >= 11 is 0. The molecule has 4 N–H and O–H groups in total. The van der Waals surface area contributed by atoms with Gasteiger partial charge in [0.25, 0.3) is 5.91 Å². The summed E-state index contributed by atoms with van der Waals surface area (Å²) in [6.07, 6.45) is 0. The van der Waals surface area contributed by atoms with Crippen LogP contribution in [-0.2, 0) is 9.84 Å². The van der Waals surface area contributed by atoms with Crippen molar-refractivity contribution in [2.24, 2.45) is 5.73 Å². The van der Waals surface area contributed by atoms with Crippen LogP contribution in [0.3, 0.4) is 0 Å². The quantitative estimate of drug-likeness (QED) is 0.715. The van der Waals surface area contributed by atoms with Gasteiger partial charge in [-0.3, -0.25) is 9.69 Å². The lowest BCUT2D eigenvalue weighted by Crippen LogP contribution is -2.48. The van der Waals surface area contributed by atoms with Crippen LogP contribution < -0.4 is 16.4 Å². The van der Waals surface area contributed by atoms with Gasteiger partial charge in [-0.2, -0.15) is 0 Å². The van der Waals surface area contributed by atoms with Crippen LogP contribution >= 0.6 is 0 Å². The third kappa shape index (κ3) is 4.07. The van der Waals surface area contributed by atoms with Gasteiger partial charge in [-0.05, 0) is 18.6 Å². The topological polar surface area (TPSA) is 110 Å². The smallest absolute Gasteiger partial charge is 0.250 e. The Morgan fingerprint density at radius 2 is 1.92 bits per heavy atom. The highest BCUT2D eigenvalue weighted by atomic mass is 32.2. The number of aryl methyl sites for hydroxylation is 1. The SMILES string of the molecule is C=CS(=O)(=O)CCN1CCN(c2c(C(N)=O)ccc(C)c2N)CC1. The van der Waals surface area contributed by atoms with Crippen molar-refractivity contribution in [3.05, 3.63) is 35.2 Å². The van der Waals surface area contributed by atoms with E-state index in [-0.39, 0.29) is 5.75 Å². The lowest BCUT2D eigenvalue weighted by atomic mass is 10.0. The summed E-state index contributed by atoms with van der Waals surface area (Å²) in [7, 11) is -3.19. The molecular weight excluding hydrogens is 328 g/mol. The number of piperazine rings is 1. The summed E-state index contributed by atoms with van der Waals surface area (Å²) < 4.78 is 23.0. The van der Waals surface area contributed by atoms with Crippen LogP contribution in [0.5, 0.6) is 0 Å². The Kier molecular flexibility index (Phi) is 5.51. The lowest BCUT2D eigenvalue weighted by molar-refractivity contribution is 0.100. The normalized spacial score (nSPS) is 16.1. The van der Waals surface area contributed by atoms with Crippen molar-refractivity contribution in [2.75, 3.05) is 49.1 Å². The minimum absolute atomic E-state index is 0.0651. The highest BCUT2D eigenvalue weighted by molar-refractivity contribution is 7.94. The Morgan fingerprint density at radius 3 is 2.46 bits per heavy atom. The summed E-state index contributed by atoms with van der Waals surface area (Å²) in [5, 5.41) is 0.996. The minimum atomic E-state index is -3.19. The van der Waals surface area contributed by atoms with Crippen LogP contribution in [0.4, 0.5) is 11.4 Å². The van der Waals surface area contributed by atoms with Gasteiger partial charge in [-0.15, -0.1) is 0 Å². The van der Waals surface area contributed by atoms with Gasteiger partial charge in [-0.1, -0.05) is 12.6 Å². The number of anilines is 2. The Hall–Kier alpha value is -2.06. The molecule has 1 aromatic carbocycles. The molecule has 0 unspecified atom stereocenters. The van der Waals surface area contributed by atoms with E-state index in [4.69, 9.17) is 11.5 Å². The van der Waals surface area contributed by atoms with E-state index in [2.05, 4.69) is 11.5 Å². The van der Waals surface area contributed by atoms with E-state index in [1.807, 2.05) is 11.8 Å². The molecule has 0 bridgehead atoms. The van der Waals surface area contributed by atoms with Crippen molar-refractivity contribution < 1.29 is 13.2 Å². The first kappa shape index (κ1) is 18.3. The molecule has 0 radical (unpaired) electrons. The molecule has 7 nitrogen and oxygen atoms in total. The summed E-state index contributed by atoms with van der Waals surface area (Å²) in [6.45, 7) is 8.37. The number of hydrogen-bond donors (Lipinski definition) is 2. The number of carbonyl (C=O) groups is 1. The Balaban J connectivity index is 2.09. The zero-order valence-electron chi connectivity index (χ0n) is 13.9. The van der Waals surface area contributed by atoms with Crippen molar-refractivity contribution in [3.8, 4) is 0 Å². The second-order valence-corrected chi connectivity index (χ2v) is 7.99. The fraction of sp³-hybridized carbons (Fsp3) is 0.438. The van der Waals surface area contributed by atoms with Crippen LogP contribution in [0.1, 0.15) is 15.9 Å². The van der Waals surface area contributed by atoms with Gasteiger partial charge in [0.2, 0.25) is 0 Å². The number of nitrogens with zero attached hydrogens (tertiary/aromatic N) is 2. The van der Waals surface area contributed by atoms with Gasteiger partial charge < -0.3 is 16.4 Å². The molecule has 0 spiro atoms. The highest BCUT2D eigenvalue weighted by Crippen LogP contribution is 2.31. The fourth-order valence-corrected chi connectivity index (χ4v) is 3.46. The van der Waals surface area contributed by atoms with E-state index in [1.54, 1.807) is 12.1 Å². The standard InChI is InChI=1S/C16H24N4O3S/c1-3-24(22,23)11-10-19-6-8-20(9-7-19)15-13(16(18)21)5-4-12(2)14(15)17/h3-5H,1,6-11,17H2,2H3,(H2,18,21). The molecule has 1 amide bonds. The van der Waals surface area contributed by atoms with E-state index < -0.39 is 15.7 Å². The number of hydrogen-bond acceptors (Lipinski definition) is 6. The maximum absolute atomic E-state index is 11.7. The molecule has 24 heavy (non-hydrogen) atoms. The lowest BCUT2D eigenvalue weighted by Gasteiger charge is -2.37. The number of rotatable bonds is 6. The average Bonchev–Trinajstić information content (AvgIpc) is 2.56. The molecule has 1 aromatic rings. The Morgan fingerprint density at radius 1 is 1.29 bits per heavy atom. The Bertz CT molecular complexity index is 738. The monoisotopic (exact) mass is 352 g/mol. The minimum Gasteiger partial charge on any atom is -0.397 e. The average molecular weight is 352 g/mol. The number of primary amides is 1. The summed E-state index contributed by atoms with van der Waals surface area (Å²) in [5.74, 6) is -0.438. The molecule has 1 heterocycles. The van der Waals surface area contributed by atoms with Crippen LogP contribution in [0.15, 0.2) is 24.1 Å². The molecule has 132 valence electrons. The molecule has 0 aliphatic carbocycles. The summed E-state index contributed by atoms with van der Waals surface area (Å²) in [5.41, 5.74) is 14.2. The molecule has 1 fully saturated rings. The molecule has 1 aliphatic heterocycles. The number of nitrogen functional groups attached to an aromatic ring is 1. The molecule has 1 aliphatic rings. The first-order valence-corrected chi connectivity index (χ1v) is 9.48. The van der Waals surface area contributed by atoms with Gasteiger partial charge in [0.05, 0.1) is 22.7 Å². The molecule has 0 atom stereocenters. The number of amides is 1. The van der Waals surface area contributed by atoms with Crippen LogP contribution in [0, 0.1) is 6.92 Å². The van der Waals surface area contributed by atoms with Gasteiger partial charge >= 0.3 is 0 Å². The predicted molar refractivity (Wildman–Crippen MR) is 96.7 cm³/mol. The molecule has 8 heteroatoms. The van der Waals surface area contributed by atoms with Crippen molar-refractivity contribution >= 4 is 27.1 Å². The van der Waals surface area contributed by atoms with E-state index >= 15 is 0 Å². The van der Waals surface area contributed by atoms with Crippen molar-refractivity contribution in [2.45, 2.75) is 6.92 Å². The van der Waals surface area contributed by atoms with E-state index in [9.17, 15) is 13.2 Å². The van der Waals surface area contributed by atoms with Gasteiger partial charge in [0.1, 0.15) is 0 Å². The highest BCUT2D eigenvalue weighted by Gasteiger charge is 2.24. The number of nitrogens with two attached hydrogens (primary N) is 2. The van der Waals surface area contributed by atoms with Crippen molar-refractivity contribution in [3.63, 3.8) is 0 Å². The Labute approximate surface area is 142 Å². The number of carbonyl (C=O) groups excluding carboxylic acids is 1. The van der Waals surface area contributed by atoms with Gasteiger partial charge in [0, 0.05) is 38.1 Å². The second-order valence-electron chi connectivity index (χ2n) is 5.92.